The summed E-state index contributed by atoms with van der Waals surface area (Å²) in [6, 6.07) is 0.877. The third kappa shape index (κ3) is 4.73. The first-order valence-electron chi connectivity index (χ1n) is 6.79. The molecule has 1 aromatic rings. The van der Waals surface area contributed by atoms with Crippen LogP contribution >= 0.6 is 0 Å². The molecule has 0 fully saturated rings. The van der Waals surface area contributed by atoms with Gasteiger partial charge in [0.05, 0.1) is 12.6 Å². The van der Waals surface area contributed by atoms with E-state index in [1.54, 1.807) is 18.9 Å². The molecule has 0 aliphatic carbocycles. The van der Waals surface area contributed by atoms with E-state index in [-0.39, 0.29) is 17.8 Å². The molecule has 1 N–H and O–H groups in total. The monoisotopic (exact) mass is 306 g/mol. The van der Waals surface area contributed by atoms with E-state index in [0.717, 1.165) is 6.07 Å². The van der Waals surface area contributed by atoms with Gasteiger partial charge in [-0.15, -0.1) is 0 Å². The number of halogens is 3. The van der Waals surface area contributed by atoms with Crippen molar-refractivity contribution in [3.63, 3.8) is 0 Å². The lowest BCUT2D eigenvalue weighted by Gasteiger charge is -2.29. The van der Waals surface area contributed by atoms with Crippen LogP contribution in [-0.2, 0) is 10.9 Å². The molecule has 0 saturated carbocycles. The van der Waals surface area contributed by atoms with Crippen LogP contribution < -0.4 is 10.2 Å². The predicted octanol–water partition coefficient (Wildman–Crippen LogP) is 2.79. The molecule has 0 bridgehead atoms. The molecule has 8 heteroatoms. The Labute approximate surface area is 122 Å². The molecule has 1 unspecified atom stereocenters. The minimum absolute atomic E-state index is 0.0228. The zero-order valence-electron chi connectivity index (χ0n) is 12.7. The Morgan fingerprint density at radius 3 is 2.48 bits per heavy atom. The summed E-state index contributed by atoms with van der Waals surface area (Å²) < 4.78 is 43.9. The second kappa shape index (κ2) is 7.44. The summed E-state index contributed by atoms with van der Waals surface area (Å²) in [5, 5.41) is 2.73. The lowest BCUT2D eigenvalue weighted by molar-refractivity contribution is -0.141. The maximum Gasteiger partial charge on any atom is 0.433 e. The molecule has 0 radical (unpaired) electrons. The van der Waals surface area contributed by atoms with Crippen LogP contribution in [-0.4, -0.2) is 42.8 Å². The van der Waals surface area contributed by atoms with E-state index in [1.807, 2.05) is 13.8 Å². The van der Waals surface area contributed by atoms with Crippen LogP contribution in [0, 0.1) is 0 Å². The number of hydrogen-bond acceptors (Lipinski definition) is 5. The molecule has 0 aliphatic heterocycles. The Bertz CT molecular complexity index is 454. The zero-order chi connectivity index (χ0) is 16.0. The van der Waals surface area contributed by atoms with Crippen LogP contribution in [0.15, 0.2) is 6.07 Å². The first kappa shape index (κ1) is 17.5. The predicted molar refractivity (Wildman–Crippen MR) is 75.6 cm³/mol. The lowest BCUT2D eigenvalue weighted by Crippen LogP contribution is -2.37. The van der Waals surface area contributed by atoms with Gasteiger partial charge in [-0.3, -0.25) is 0 Å². The second-order valence-electron chi connectivity index (χ2n) is 4.55. The highest BCUT2D eigenvalue weighted by molar-refractivity contribution is 5.46. The van der Waals surface area contributed by atoms with Gasteiger partial charge in [0, 0.05) is 26.3 Å². The average molecular weight is 306 g/mol. The molecule has 5 nitrogen and oxygen atoms in total. The molecule has 21 heavy (non-hydrogen) atoms. The SMILES string of the molecule is CCNc1nc(N(CC)C(C)COC)cc(C(F)(F)F)n1. The number of alkyl halides is 3. The van der Waals surface area contributed by atoms with Gasteiger partial charge in [-0.25, -0.2) is 4.98 Å². The van der Waals surface area contributed by atoms with Crippen molar-refractivity contribution in [2.24, 2.45) is 0 Å². The van der Waals surface area contributed by atoms with Gasteiger partial charge in [-0.2, -0.15) is 18.2 Å². The molecule has 0 spiro atoms. The molecule has 1 atom stereocenters. The fourth-order valence-electron chi connectivity index (χ4n) is 1.99. The molecule has 0 aromatic carbocycles. The third-order valence-corrected chi connectivity index (χ3v) is 2.91. The van der Waals surface area contributed by atoms with Gasteiger partial charge in [0.25, 0.3) is 0 Å². The minimum Gasteiger partial charge on any atom is -0.383 e. The number of anilines is 2. The standard InChI is InChI=1S/C13H21F3N4O/c1-5-17-12-18-10(13(14,15)16)7-11(19-12)20(6-2)9(3)8-21-4/h7,9H,5-6,8H2,1-4H3,(H,17,18,19). The van der Waals surface area contributed by atoms with Crippen molar-refractivity contribution in [3.05, 3.63) is 11.8 Å². The van der Waals surface area contributed by atoms with Crippen molar-refractivity contribution in [2.75, 3.05) is 37.0 Å². The van der Waals surface area contributed by atoms with Gasteiger partial charge in [0.2, 0.25) is 5.95 Å². The zero-order valence-corrected chi connectivity index (χ0v) is 12.7. The summed E-state index contributed by atoms with van der Waals surface area (Å²) in [6.45, 7) is 6.86. The van der Waals surface area contributed by atoms with E-state index in [9.17, 15) is 13.2 Å². The van der Waals surface area contributed by atoms with Crippen LogP contribution in [0.4, 0.5) is 24.9 Å². The quantitative estimate of drug-likeness (QED) is 0.839. The third-order valence-electron chi connectivity index (χ3n) is 2.91. The molecule has 0 aliphatic rings. The normalized spacial score (nSPS) is 13.1. The van der Waals surface area contributed by atoms with Gasteiger partial charge in [0.15, 0.2) is 5.69 Å². The molecule has 0 amide bonds. The Hall–Kier alpha value is -1.57. The molecule has 120 valence electrons. The van der Waals surface area contributed by atoms with Crippen molar-refractivity contribution in [3.8, 4) is 0 Å². The van der Waals surface area contributed by atoms with Crippen LogP contribution in [0.5, 0.6) is 0 Å². The second-order valence-corrected chi connectivity index (χ2v) is 4.55. The summed E-state index contributed by atoms with van der Waals surface area (Å²) >= 11 is 0. The summed E-state index contributed by atoms with van der Waals surface area (Å²) in [7, 11) is 1.55. The largest absolute Gasteiger partial charge is 0.433 e. The smallest absolute Gasteiger partial charge is 0.383 e. The first-order valence-corrected chi connectivity index (χ1v) is 6.79. The molecule has 1 heterocycles. The summed E-state index contributed by atoms with van der Waals surface area (Å²) in [5.74, 6) is 0.214. The van der Waals surface area contributed by atoms with Gasteiger partial charge in [-0.05, 0) is 20.8 Å². The Kier molecular flexibility index (Phi) is 6.19. The maximum atomic E-state index is 12.9. The Morgan fingerprint density at radius 1 is 1.33 bits per heavy atom. The highest BCUT2D eigenvalue weighted by atomic mass is 19.4. The first-order chi connectivity index (χ1) is 9.83. The van der Waals surface area contributed by atoms with Crippen molar-refractivity contribution in [1.29, 1.82) is 0 Å². The van der Waals surface area contributed by atoms with Gasteiger partial charge in [0.1, 0.15) is 5.82 Å². The van der Waals surface area contributed by atoms with Crippen LogP contribution in [0.25, 0.3) is 0 Å². The number of nitrogens with zero attached hydrogens (tertiary/aromatic N) is 3. The van der Waals surface area contributed by atoms with E-state index in [1.165, 1.54) is 0 Å². The van der Waals surface area contributed by atoms with Crippen LogP contribution in [0.3, 0.4) is 0 Å². The minimum atomic E-state index is -4.51. The number of rotatable bonds is 7. The maximum absolute atomic E-state index is 12.9. The summed E-state index contributed by atoms with van der Waals surface area (Å²) in [6.07, 6.45) is -4.51. The van der Waals surface area contributed by atoms with Gasteiger partial charge in [-0.1, -0.05) is 0 Å². The van der Waals surface area contributed by atoms with Crippen LogP contribution in [0.2, 0.25) is 0 Å². The highest BCUT2D eigenvalue weighted by Gasteiger charge is 2.34. The average Bonchev–Trinajstić information content (AvgIpc) is 2.39. The molecule has 0 saturated heterocycles. The number of aromatic nitrogens is 2. The topological polar surface area (TPSA) is 50.3 Å². The number of methoxy groups -OCH3 is 1. The van der Waals surface area contributed by atoms with Crippen LogP contribution in [0.1, 0.15) is 26.5 Å². The lowest BCUT2D eigenvalue weighted by atomic mass is 10.2. The highest BCUT2D eigenvalue weighted by Crippen LogP contribution is 2.31. The molecular weight excluding hydrogens is 285 g/mol. The van der Waals surface area contributed by atoms with Gasteiger partial charge >= 0.3 is 6.18 Å². The number of hydrogen-bond donors (Lipinski definition) is 1. The van der Waals surface area contributed by atoms with E-state index in [4.69, 9.17) is 4.74 Å². The van der Waals surface area contributed by atoms with E-state index >= 15 is 0 Å². The molecule has 1 aromatic heterocycles. The van der Waals surface area contributed by atoms with E-state index < -0.39 is 11.9 Å². The van der Waals surface area contributed by atoms with Crippen molar-refractivity contribution >= 4 is 11.8 Å². The number of likely N-dealkylation sites (N-methyl/N-ethyl adjacent to an activating group) is 1. The van der Waals surface area contributed by atoms with E-state index in [0.29, 0.717) is 19.7 Å². The summed E-state index contributed by atoms with van der Waals surface area (Å²) in [5.41, 5.74) is -0.952. The Morgan fingerprint density at radius 2 is 2.00 bits per heavy atom. The molecular formula is C13H21F3N4O. The van der Waals surface area contributed by atoms with E-state index in [2.05, 4.69) is 15.3 Å². The fourth-order valence-corrected chi connectivity index (χ4v) is 1.99. The van der Waals surface area contributed by atoms with Crippen molar-refractivity contribution < 1.29 is 17.9 Å². The Balaban J connectivity index is 3.22. The number of ether oxygens (including phenoxy) is 1. The fraction of sp³-hybridized carbons (Fsp3) is 0.692. The summed E-state index contributed by atoms with van der Waals surface area (Å²) in [4.78, 5) is 9.42. The molecule has 1 rings (SSSR count). The van der Waals surface area contributed by atoms with Gasteiger partial charge < -0.3 is 15.0 Å². The van der Waals surface area contributed by atoms with Crippen molar-refractivity contribution in [1.82, 2.24) is 9.97 Å². The number of nitrogens with one attached hydrogen (secondary N) is 1. The van der Waals surface area contributed by atoms with Crippen molar-refractivity contribution in [2.45, 2.75) is 33.0 Å².